The topological polar surface area (TPSA) is 98.1 Å². The Kier molecular flexibility index (Phi) is 6.86. The zero-order chi connectivity index (χ0) is 20.9. The van der Waals surface area contributed by atoms with E-state index in [0.717, 1.165) is 57.2 Å². The zero-order valence-corrected chi connectivity index (χ0v) is 17.4. The van der Waals surface area contributed by atoms with Crippen molar-refractivity contribution < 1.29 is 9.59 Å². The number of pyridine rings is 1. The van der Waals surface area contributed by atoms with E-state index in [-0.39, 0.29) is 23.8 Å². The van der Waals surface area contributed by atoms with Crippen molar-refractivity contribution in [2.24, 2.45) is 5.92 Å². The maximum absolute atomic E-state index is 12.9. The van der Waals surface area contributed by atoms with Crippen molar-refractivity contribution in [3.05, 3.63) is 23.9 Å². The number of piperidine rings is 1. The van der Waals surface area contributed by atoms with Gasteiger partial charge in [-0.2, -0.15) is 5.26 Å². The van der Waals surface area contributed by atoms with Gasteiger partial charge in [0.15, 0.2) is 0 Å². The summed E-state index contributed by atoms with van der Waals surface area (Å²) in [5, 5.41) is 15.5. The van der Waals surface area contributed by atoms with E-state index in [1.807, 2.05) is 26.0 Å². The minimum absolute atomic E-state index is 0.0545. The molecule has 2 amide bonds. The number of nitrogens with one attached hydrogen (secondary N) is 2. The molecule has 2 fully saturated rings. The summed E-state index contributed by atoms with van der Waals surface area (Å²) in [7, 11) is 0. The number of hydrogen-bond acceptors (Lipinski definition) is 5. The normalized spacial score (nSPS) is 22.9. The Labute approximate surface area is 172 Å². The van der Waals surface area contributed by atoms with Crippen molar-refractivity contribution >= 4 is 17.6 Å². The van der Waals surface area contributed by atoms with Gasteiger partial charge in [0.25, 0.3) is 0 Å². The first-order valence-corrected chi connectivity index (χ1v) is 10.6. The van der Waals surface area contributed by atoms with Crippen LogP contribution in [0.2, 0.25) is 0 Å². The van der Waals surface area contributed by atoms with Gasteiger partial charge in [0.1, 0.15) is 11.4 Å². The number of carbonyl (C=O) groups excluding carboxylic acids is 2. The Hall–Kier alpha value is -2.46. The van der Waals surface area contributed by atoms with Gasteiger partial charge in [-0.3, -0.25) is 14.5 Å². The molecule has 3 rings (SSSR count). The van der Waals surface area contributed by atoms with Gasteiger partial charge in [-0.1, -0.05) is 25.3 Å². The van der Waals surface area contributed by atoms with E-state index >= 15 is 0 Å². The van der Waals surface area contributed by atoms with E-state index in [1.54, 1.807) is 6.07 Å². The van der Waals surface area contributed by atoms with Gasteiger partial charge in [-0.05, 0) is 58.2 Å². The van der Waals surface area contributed by atoms with Crippen LogP contribution in [0.3, 0.4) is 0 Å². The van der Waals surface area contributed by atoms with Gasteiger partial charge in [-0.15, -0.1) is 0 Å². The van der Waals surface area contributed by atoms with Crippen LogP contribution in [0.15, 0.2) is 18.2 Å². The highest BCUT2D eigenvalue weighted by molar-refractivity contribution is 5.92. The van der Waals surface area contributed by atoms with E-state index in [4.69, 9.17) is 0 Å². The second-order valence-corrected chi connectivity index (χ2v) is 8.41. The molecule has 1 aromatic rings. The minimum atomic E-state index is -0.729. The molecule has 0 spiro atoms. The number of aryl methyl sites for hydroxylation is 1. The lowest BCUT2D eigenvalue weighted by Gasteiger charge is -2.38. The minimum Gasteiger partial charge on any atom is -0.336 e. The molecular formula is C22H31N5O2. The van der Waals surface area contributed by atoms with Gasteiger partial charge in [0.05, 0.1) is 18.0 Å². The third-order valence-electron chi connectivity index (χ3n) is 6.17. The maximum Gasteiger partial charge on any atom is 0.238 e. The molecule has 2 heterocycles. The largest absolute Gasteiger partial charge is 0.336 e. The Morgan fingerprint density at radius 1 is 1.28 bits per heavy atom. The fourth-order valence-corrected chi connectivity index (χ4v) is 4.34. The van der Waals surface area contributed by atoms with Gasteiger partial charge < -0.3 is 10.6 Å². The molecule has 29 heavy (non-hydrogen) atoms. The molecular weight excluding hydrogens is 366 g/mol. The molecule has 1 aliphatic carbocycles. The van der Waals surface area contributed by atoms with Crippen molar-refractivity contribution in [2.45, 2.75) is 70.4 Å². The second-order valence-electron chi connectivity index (χ2n) is 8.41. The van der Waals surface area contributed by atoms with Gasteiger partial charge >= 0.3 is 0 Å². The quantitative estimate of drug-likeness (QED) is 0.796. The van der Waals surface area contributed by atoms with Crippen LogP contribution < -0.4 is 10.6 Å². The number of anilines is 1. The summed E-state index contributed by atoms with van der Waals surface area (Å²) in [6.07, 6.45) is 6.16. The van der Waals surface area contributed by atoms with E-state index in [9.17, 15) is 14.9 Å². The van der Waals surface area contributed by atoms with Gasteiger partial charge in [-0.25, -0.2) is 4.98 Å². The third kappa shape index (κ3) is 5.33. The van der Waals surface area contributed by atoms with E-state index < -0.39 is 5.54 Å². The predicted molar refractivity (Wildman–Crippen MR) is 111 cm³/mol. The summed E-state index contributed by atoms with van der Waals surface area (Å²) >= 11 is 0. The van der Waals surface area contributed by atoms with Crippen molar-refractivity contribution in [3.63, 3.8) is 0 Å². The third-order valence-corrected chi connectivity index (χ3v) is 6.17. The standard InChI is InChI=1S/C22H31N5O2/c1-16-8-6-10-19(24-16)25-21(29)18-9-7-13-27(14-18)17(2)20(28)26-22(15-23)11-4-3-5-12-22/h6,8,10,17-18H,3-5,7,9,11-14H2,1-2H3,(H,26,28)(H,24,25,29). The molecule has 2 N–H and O–H groups in total. The van der Waals surface area contributed by atoms with Crippen molar-refractivity contribution in [1.29, 1.82) is 5.26 Å². The molecule has 2 aliphatic rings. The molecule has 1 saturated heterocycles. The van der Waals surface area contributed by atoms with Crippen LogP contribution >= 0.6 is 0 Å². The number of rotatable bonds is 5. The number of hydrogen-bond donors (Lipinski definition) is 2. The summed E-state index contributed by atoms with van der Waals surface area (Å²) in [5.41, 5.74) is 0.125. The Bertz CT molecular complexity index is 782. The lowest BCUT2D eigenvalue weighted by molar-refractivity contribution is -0.130. The van der Waals surface area contributed by atoms with Crippen LogP contribution in [0.1, 0.15) is 57.6 Å². The Balaban J connectivity index is 1.58. The fraction of sp³-hybridized carbons (Fsp3) is 0.636. The van der Waals surface area contributed by atoms with Crippen LogP contribution in [0, 0.1) is 24.2 Å². The van der Waals surface area contributed by atoms with Crippen molar-refractivity contribution in [2.75, 3.05) is 18.4 Å². The highest BCUT2D eigenvalue weighted by atomic mass is 16.2. The van der Waals surface area contributed by atoms with Crippen molar-refractivity contribution in [1.82, 2.24) is 15.2 Å². The van der Waals surface area contributed by atoms with E-state index in [1.165, 1.54) is 0 Å². The van der Waals surface area contributed by atoms with E-state index in [0.29, 0.717) is 12.4 Å². The average Bonchev–Trinajstić information content (AvgIpc) is 2.74. The van der Waals surface area contributed by atoms with Crippen LogP contribution in [-0.4, -0.2) is 46.4 Å². The molecule has 0 bridgehead atoms. The maximum atomic E-state index is 12.9. The lowest BCUT2D eigenvalue weighted by atomic mass is 9.82. The molecule has 0 aromatic carbocycles. The number of aromatic nitrogens is 1. The smallest absolute Gasteiger partial charge is 0.238 e. The molecule has 7 heteroatoms. The fourth-order valence-electron chi connectivity index (χ4n) is 4.34. The number of likely N-dealkylation sites (tertiary alicyclic amines) is 1. The number of nitrogens with zero attached hydrogens (tertiary/aromatic N) is 3. The number of nitriles is 1. The molecule has 2 unspecified atom stereocenters. The zero-order valence-electron chi connectivity index (χ0n) is 17.4. The highest BCUT2D eigenvalue weighted by Crippen LogP contribution is 2.28. The summed E-state index contributed by atoms with van der Waals surface area (Å²) in [6, 6.07) is 7.52. The molecule has 2 atom stereocenters. The van der Waals surface area contributed by atoms with Gasteiger partial charge in [0.2, 0.25) is 11.8 Å². The van der Waals surface area contributed by atoms with Crippen molar-refractivity contribution in [3.8, 4) is 6.07 Å². The first kappa shape index (κ1) is 21.3. The SMILES string of the molecule is Cc1cccc(NC(=O)C2CCCN(C(C)C(=O)NC3(C#N)CCCCC3)C2)n1. The van der Waals surface area contributed by atoms with Crippen LogP contribution in [0.5, 0.6) is 0 Å². The Morgan fingerprint density at radius 3 is 2.72 bits per heavy atom. The molecule has 0 radical (unpaired) electrons. The van der Waals surface area contributed by atoms with Crippen LogP contribution in [0.4, 0.5) is 5.82 Å². The lowest BCUT2D eigenvalue weighted by Crippen LogP contribution is -2.56. The first-order valence-electron chi connectivity index (χ1n) is 10.6. The van der Waals surface area contributed by atoms with Gasteiger partial charge in [0, 0.05) is 12.2 Å². The molecule has 1 aliphatic heterocycles. The molecule has 7 nitrogen and oxygen atoms in total. The van der Waals surface area contributed by atoms with Crippen LogP contribution in [-0.2, 0) is 9.59 Å². The van der Waals surface area contributed by atoms with E-state index in [2.05, 4.69) is 26.6 Å². The first-order chi connectivity index (χ1) is 13.9. The molecule has 1 aromatic heterocycles. The summed E-state index contributed by atoms with van der Waals surface area (Å²) in [6.45, 7) is 5.07. The number of amides is 2. The molecule has 156 valence electrons. The summed E-state index contributed by atoms with van der Waals surface area (Å²) < 4.78 is 0. The summed E-state index contributed by atoms with van der Waals surface area (Å²) in [4.78, 5) is 32.0. The monoisotopic (exact) mass is 397 g/mol. The second kappa shape index (κ2) is 9.36. The highest BCUT2D eigenvalue weighted by Gasteiger charge is 2.37. The molecule has 1 saturated carbocycles. The van der Waals surface area contributed by atoms with Crippen LogP contribution in [0.25, 0.3) is 0 Å². The predicted octanol–water partition coefficient (Wildman–Crippen LogP) is 2.77. The number of carbonyl (C=O) groups is 2. The summed E-state index contributed by atoms with van der Waals surface area (Å²) in [5.74, 6) is 0.211. The Morgan fingerprint density at radius 2 is 2.03 bits per heavy atom. The average molecular weight is 398 g/mol.